The lowest BCUT2D eigenvalue weighted by molar-refractivity contribution is -0.882. The van der Waals surface area contributed by atoms with Crippen LogP contribution in [0.5, 0.6) is 0 Å². The third kappa shape index (κ3) is 10.5. The highest BCUT2D eigenvalue weighted by Crippen LogP contribution is 2.01. The molecule has 0 radical (unpaired) electrons. The minimum Gasteiger partial charge on any atom is -0.351 e. The van der Waals surface area contributed by atoms with Crippen LogP contribution in [0, 0.1) is 0 Å². The van der Waals surface area contributed by atoms with Crippen LogP contribution < -0.4 is 5.32 Å². The number of amides is 1. The van der Waals surface area contributed by atoms with Crippen LogP contribution in [0.3, 0.4) is 0 Å². The quantitative estimate of drug-likeness (QED) is 0.361. The van der Waals surface area contributed by atoms with E-state index < -0.39 is 10.1 Å². The third-order valence-electron chi connectivity index (χ3n) is 2.59. The van der Waals surface area contributed by atoms with Gasteiger partial charge in [0.15, 0.2) is 6.54 Å². The van der Waals surface area contributed by atoms with Gasteiger partial charge in [0.05, 0.1) is 26.4 Å². The van der Waals surface area contributed by atoms with E-state index in [4.69, 9.17) is 4.55 Å². The van der Waals surface area contributed by atoms with Gasteiger partial charge in [-0.3, -0.25) is 9.35 Å². The van der Waals surface area contributed by atoms with Crippen molar-refractivity contribution in [3.63, 3.8) is 0 Å². The predicted octanol–water partition coefficient (Wildman–Crippen LogP) is 0.257. The van der Waals surface area contributed by atoms with E-state index in [0.29, 0.717) is 30.5 Å². The van der Waals surface area contributed by atoms with Gasteiger partial charge in [-0.25, -0.2) is 0 Å². The van der Waals surface area contributed by atoms with Crippen molar-refractivity contribution in [2.45, 2.75) is 26.2 Å². The molecule has 0 aliphatic heterocycles. The van der Waals surface area contributed by atoms with Gasteiger partial charge in [0, 0.05) is 13.0 Å². The molecule has 0 bridgehead atoms. The Morgan fingerprint density at radius 1 is 1.28 bits per heavy atom. The first-order chi connectivity index (χ1) is 8.16. The molecular formula is C11H25N2O4S+. The molecule has 0 atom stereocenters. The van der Waals surface area contributed by atoms with Crippen LogP contribution >= 0.6 is 0 Å². The average Bonchev–Trinajstić information content (AvgIpc) is 2.14. The maximum atomic E-state index is 11.6. The molecule has 0 aromatic carbocycles. The molecule has 0 aliphatic rings. The first kappa shape index (κ1) is 17.3. The molecule has 0 fully saturated rings. The first-order valence-electron chi connectivity index (χ1n) is 6.20. The fraction of sp³-hybridized carbons (Fsp3) is 0.909. The van der Waals surface area contributed by atoms with Gasteiger partial charge in [-0.1, -0.05) is 13.3 Å². The average molecular weight is 281 g/mol. The Bertz CT molecular complexity index is 352. The Morgan fingerprint density at radius 2 is 1.89 bits per heavy atom. The van der Waals surface area contributed by atoms with Gasteiger partial charge in [-0.15, -0.1) is 0 Å². The summed E-state index contributed by atoms with van der Waals surface area (Å²) in [6, 6.07) is 0. The van der Waals surface area contributed by atoms with Crippen molar-refractivity contribution in [3.05, 3.63) is 0 Å². The van der Waals surface area contributed by atoms with Crippen molar-refractivity contribution in [2.75, 3.05) is 39.5 Å². The smallest absolute Gasteiger partial charge is 0.275 e. The third-order valence-corrected chi connectivity index (χ3v) is 3.39. The number of carbonyl (C=O) groups is 1. The second-order valence-electron chi connectivity index (χ2n) is 5.16. The molecule has 2 N–H and O–H groups in total. The largest absolute Gasteiger partial charge is 0.351 e. The minimum absolute atomic E-state index is 0.0275. The Hall–Kier alpha value is -0.660. The first-order valence-corrected chi connectivity index (χ1v) is 7.81. The molecule has 0 aromatic heterocycles. The fourth-order valence-electron chi connectivity index (χ4n) is 1.60. The van der Waals surface area contributed by atoms with Crippen LogP contribution in [-0.4, -0.2) is 62.8 Å². The monoisotopic (exact) mass is 281 g/mol. The maximum Gasteiger partial charge on any atom is 0.275 e. The number of rotatable bonds is 9. The van der Waals surface area contributed by atoms with Crippen LogP contribution in [0.1, 0.15) is 26.2 Å². The summed E-state index contributed by atoms with van der Waals surface area (Å²) in [6.45, 7) is 3.58. The summed E-state index contributed by atoms with van der Waals surface area (Å²) in [7, 11) is -0.174. The minimum atomic E-state index is -3.90. The fourth-order valence-corrected chi connectivity index (χ4v) is 2.10. The number of likely N-dealkylation sites (N-methyl/N-ethyl adjacent to an activating group) is 1. The summed E-state index contributed by atoms with van der Waals surface area (Å²) >= 11 is 0. The lowest BCUT2D eigenvalue weighted by atomic mass is 10.3. The van der Waals surface area contributed by atoms with Crippen molar-refractivity contribution in [1.82, 2.24) is 5.32 Å². The summed E-state index contributed by atoms with van der Waals surface area (Å²) in [6.07, 6.45) is 2.34. The number of nitrogens with zero attached hydrogens (tertiary/aromatic N) is 1. The number of nitrogens with one attached hydrogen (secondary N) is 1. The number of carbonyl (C=O) groups excluding carboxylic acids is 1. The lowest BCUT2D eigenvalue weighted by Crippen LogP contribution is -2.48. The van der Waals surface area contributed by atoms with Gasteiger partial charge in [0.1, 0.15) is 0 Å². The van der Waals surface area contributed by atoms with E-state index in [9.17, 15) is 13.2 Å². The van der Waals surface area contributed by atoms with Gasteiger partial charge in [-0.2, -0.15) is 8.42 Å². The number of unbranched alkanes of at least 4 members (excludes halogenated alkanes) is 1. The van der Waals surface area contributed by atoms with Crippen LogP contribution in [-0.2, 0) is 14.9 Å². The van der Waals surface area contributed by atoms with Gasteiger partial charge >= 0.3 is 0 Å². The zero-order valence-corrected chi connectivity index (χ0v) is 12.3. The van der Waals surface area contributed by atoms with Crippen molar-refractivity contribution < 1.29 is 22.2 Å². The number of hydrogen-bond acceptors (Lipinski definition) is 3. The highest BCUT2D eigenvalue weighted by molar-refractivity contribution is 7.85. The number of hydrogen-bond donors (Lipinski definition) is 2. The molecule has 6 nitrogen and oxygen atoms in total. The molecule has 0 saturated heterocycles. The molecule has 0 heterocycles. The molecule has 7 heteroatoms. The SMILES string of the molecule is CCCCNC(=O)C[N+](C)(C)CCCS(=O)(=O)O. The highest BCUT2D eigenvalue weighted by Gasteiger charge is 2.20. The van der Waals surface area contributed by atoms with Crippen molar-refractivity contribution in [3.8, 4) is 0 Å². The van der Waals surface area contributed by atoms with Crippen molar-refractivity contribution >= 4 is 16.0 Å². The number of quaternary nitrogens is 1. The van der Waals surface area contributed by atoms with E-state index in [0.717, 1.165) is 12.8 Å². The molecule has 0 spiro atoms. The van der Waals surface area contributed by atoms with E-state index in [1.165, 1.54) is 0 Å². The molecule has 18 heavy (non-hydrogen) atoms. The van der Waals surface area contributed by atoms with Crippen LogP contribution in [0.15, 0.2) is 0 Å². The van der Waals surface area contributed by atoms with Crippen LogP contribution in [0.2, 0.25) is 0 Å². The van der Waals surface area contributed by atoms with E-state index in [-0.39, 0.29) is 11.7 Å². The molecular weight excluding hydrogens is 256 g/mol. The Morgan fingerprint density at radius 3 is 2.39 bits per heavy atom. The zero-order valence-electron chi connectivity index (χ0n) is 11.5. The van der Waals surface area contributed by atoms with E-state index in [1.54, 1.807) is 0 Å². The van der Waals surface area contributed by atoms with Gasteiger partial charge in [0.2, 0.25) is 0 Å². The van der Waals surface area contributed by atoms with E-state index in [1.807, 2.05) is 14.1 Å². The van der Waals surface area contributed by atoms with E-state index >= 15 is 0 Å². The second-order valence-corrected chi connectivity index (χ2v) is 6.73. The molecule has 0 unspecified atom stereocenters. The van der Waals surface area contributed by atoms with Gasteiger partial charge in [0.25, 0.3) is 16.0 Å². The highest BCUT2D eigenvalue weighted by atomic mass is 32.2. The summed E-state index contributed by atoms with van der Waals surface area (Å²) in [5, 5.41) is 2.82. The molecule has 0 aliphatic carbocycles. The predicted molar refractivity (Wildman–Crippen MR) is 70.8 cm³/mol. The molecule has 0 saturated carbocycles. The Balaban J connectivity index is 3.95. The summed E-state index contributed by atoms with van der Waals surface area (Å²) < 4.78 is 30.2. The summed E-state index contributed by atoms with van der Waals surface area (Å²) in [5.41, 5.74) is 0. The normalized spacial score (nSPS) is 12.4. The lowest BCUT2D eigenvalue weighted by Gasteiger charge is -2.28. The molecule has 1 amide bonds. The van der Waals surface area contributed by atoms with Crippen LogP contribution in [0.25, 0.3) is 0 Å². The topological polar surface area (TPSA) is 83.5 Å². The molecule has 0 aromatic rings. The van der Waals surface area contributed by atoms with Gasteiger partial charge in [-0.05, 0) is 6.42 Å². The summed E-state index contributed by atoms with van der Waals surface area (Å²) in [4.78, 5) is 11.6. The van der Waals surface area contributed by atoms with Crippen molar-refractivity contribution in [2.24, 2.45) is 0 Å². The van der Waals surface area contributed by atoms with Crippen LogP contribution in [0.4, 0.5) is 0 Å². The Labute approximate surface area is 110 Å². The Kier molecular flexibility index (Phi) is 7.42. The standard InChI is InChI=1S/C11H24N2O4S/c1-4-5-7-12-11(14)10-13(2,3)8-6-9-18(15,16)17/h4-10H2,1-3H3,(H-,12,14,15,16,17)/p+1. The van der Waals surface area contributed by atoms with Crippen molar-refractivity contribution in [1.29, 1.82) is 0 Å². The molecule has 0 rings (SSSR count). The second kappa shape index (κ2) is 7.70. The summed E-state index contributed by atoms with van der Waals surface area (Å²) in [5.74, 6) is -0.285. The van der Waals surface area contributed by atoms with Gasteiger partial charge < -0.3 is 9.80 Å². The molecule has 108 valence electrons. The zero-order chi connectivity index (χ0) is 14.2. The van der Waals surface area contributed by atoms with E-state index in [2.05, 4.69) is 12.2 Å². The maximum absolute atomic E-state index is 11.6.